The summed E-state index contributed by atoms with van der Waals surface area (Å²) in [6.45, 7) is 1.83. The molecule has 1 saturated carbocycles. The number of nitrogens with zero attached hydrogens (tertiary/aromatic N) is 5. The maximum absolute atomic E-state index is 12.0. The number of anilines is 1. The molecule has 67 heavy (non-hydrogen) atoms. The number of fused-ring (bicyclic) bond motifs is 2. The van der Waals surface area contributed by atoms with E-state index in [4.69, 9.17) is 20.8 Å². The fourth-order valence-corrected chi connectivity index (χ4v) is 9.18. The summed E-state index contributed by atoms with van der Waals surface area (Å²) in [5.74, 6) is 1.54. The quantitative estimate of drug-likeness (QED) is 0.144. The van der Waals surface area contributed by atoms with Crippen molar-refractivity contribution in [2.75, 3.05) is 39.4 Å². The van der Waals surface area contributed by atoms with Crippen LogP contribution in [0, 0.1) is 0 Å². The fourth-order valence-electron chi connectivity index (χ4n) is 8.67. The summed E-state index contributed by atoms with van der Waals surface area (Å²) in [5, 5.41) is 0. The van der Waals surface area contributed by atoms with E-state index in [9.17, 15) is 14.0 Å². The van der Waals surface area contributed by atoms with Gasteiger partial charge in [-0.05, 0) is 101 Å². The number of piperidine rings is 1. The molecule has 10 rings (SSSR count). The Morgan fingerprint density at radius 2 is 0.970 bits per heavy atom. The van der Waals surface area contributed by atoms with Gasteiger partial charge < -0.3 is 14.4 Å². The SMILES string of the molecule is COC(=O)c1ccc2nc(-c3ccccc3)c(Br)nc2c1.COC(=O)c1ccc2nc(-c3ccccc3)c(N3CCC(c4ccccc4)CC3)nc2c1.[2H]CF.c1ccc(C2CCCCC2)cc1. The molecule has 0 radical (unpaired) electrons. The first-order chi connectivity index (χ1) is 33.3. The third kappa shape index (κ3) is 12.3. The lowest BCUT2D eigenvalue weighted by Crippen LogP contribution is -2.34. The van der Waals surface area contributed by atoms with Gasteiger partial charge in [-0.25, -0.2) is 29.5 Å². The first kappa shape index (κ1) is 46.7. The minimum Gasteiger partial charge on any atom is -0.465 e. The topological polar surface area (TPSA) is 107 Å². The van der Waals surface area contributed by atoms with Crippen molar-refractivity contribution >= 4 is 55.8 Å². The zero-order valence-electron chi connectivity index (χ0n) is 38.9. The molecule has 9 nitrogen and oxygen atoms in total. The van der Waals surface area contributed by atoms with Crippen LogP contribution in [0.5, 0.6) is 0 Å². The molecule has 6 aromatic carbocycles. The highest BCUT2D eigenvalue weighted by Gasteiger charge is 2.25. The second kappa shape index (κ2) is 24.1. The maximum Gasteiger partial charge on any atom is 0.337 e. The van der Waals surface area contributed by atoms with Crippen molar-refractivity contribution in [1.82, 2.24) is 19.9 Å². The molecule has 0 spiro atoms. The molecule has 0 atom stereocenters. The van der Waals surface area contributed by atoms with Crippen molar-refractivity contribution in [3.63, 3.8) is 0 Å². The minimum atomic E-state index is -1.00. The van der Waals surface area contributed by atoms with Gasteiger partial charge in [-0.3, -0.25) is 4.39 Å². The molecule has 0 unspecified atom stereocenters. The number of esters is 2. The van der Waals surface area contributed by atoms with E-state index in [1.807, 2.05) is 54.6 Å². The zero-order valence-corrected chi connectivity index (χ0v) is 39.4. The number of hydrogen-bond donors (Lipinski definition) is 0. The van der Waals surface area contributed by atoms with Gasteiger partial charge in [-0.2, -0.15) is 0 Å². The number of carbonyl (C=O) groups is 2. The van der Waals surface area contributed by atoms with Crippen LogP contribution in [0.3, 0.4) is 0 Å². The first-order valence-electron chi connectivity index (χ1n) is 23.3. The average Bonchev–Trinajstić information content (AvgIpc) is 3.41. The summed E-state index contributed by atoms with van der Waals surface area (Å²) in [7, 11) is 1.74. The van der Waals surface area contributed by atoms with Crippen molar-refractivity contribution in [2.24, 2.45) is 0 Å². The van der Waals surface area contributed by atoms with E-state index in [-0.39, 0.29) is 11.9 Å². The summed E-state index contributed by atoms with van der Waals surface area (Å²) in [4.78, 5) is 45.0. The highest BCUT2D eigenvalue weighted by molar-refractivity contribution is 9.10. The lowest BCUT2D eigenvalue weighted by Gasteiger charge is -2.34. The van der Waals surface area contributed by atoms with Crippen LogP contribution >= 0.6 is 15.9 Å². The van der Waals surface area contributed by atoms with Gasteiger partial charge in [0.15, 0.2) is 5.82 Å². The van der Waals surface area contributed by atoms with Gasteiger partial charge in [0.05, 0.1) is 55.9 Å². The number of rotatable bonds is 7. The van der Waals surface area contributed by atoms with Crippen LogP contribution < -0.4 is 4.90 Å². The van der Waals surface area contributed by atoms with Crippen LogP contribution in [0.15, 0.2) is 162 Å². The number of carbonyl (C=O) groups excluding carboxylic acids is 2. The fraction of sp³-hybridized carbons (Fsp3) is 0.250. The second-order valence-electron chi connectivity index (χ2n) is 16.3. The predicted molar refractivity (Wildman–Crippen MR) is 270 cm³/mol. The van der Waals surface area contributed by atoms with Gasteiger partial charge in [0.1, 0.15) is 16.0 Å². The summed E-state index contributed by atoms with van der Waals surface area (Å²) in [6.07, 6.45) is 9.26. The van der Waals surface area contributed by atoms with Gasteiger partial charge >= 0.3 is 11.9 Å². The van der Waals surface area contributed by atoms with Crippen molar-refractivity contribution in [3.8, 4) is 22.5 Å². The predicted octanol–water partition coefficient (Wildman–Crippen LogP) is 13.6. The molecule has 1 aliphatic carbocycles. The number of ether oxygens (including phenoxy) is 2. The van der Waals surface area contributed by atoms with Crippen LogP contribution in [-0.4, -0.2) is 66.3 Å². The summed E-state index contributed by atoms with van der Waals surface area (Å²) < 4.78 is 25.7. The Morgan fingerprint density at radius 3 is 1.45 bits per heavy atom. The highest BCUT2D eigenvalue weighted by atomic mass is 79.9. The lowest BCUT2D eigenvalue weighted by molar-refractivity contribution is 0.0592. The third-order valence-corrected chi connectivity index (χ3v) is 12.7. The molecule has 342 valence electrons. The standard InChI is InChI=1S/C27H25N3O2.C16H11BrN2O2.C12H16.CH3F/c1-32-27(31)22-12-13-23-24(18-22)29-26(25(28-23)21-10-6-3-7-11-21)30-16-14-20(15-17-30)19-8-4-2-5-9-19;1-21-16(20)11-7-8-12-13(9-11)19-15(17)14(18-12)10-5-3-2-4-6-10;1-3-7-11(8-4-1)12-9-5-2-6-10-12;1-2/h2-13,18,20H,14-17H2,1H3;2-9H,1H3;1,3-4,7-8,12H,2,5-6,9-10H2;1H3/i;;;1D. The summed E-state index contributed by atoms with van der Waals surface area (Å²) in [5.41, 5.74) is 10.4. The zero-order chi connectivity index (χ0) is 47.7. The highest BCUT2D eigenvalue weighted by Crippen LogP contribution is 2.36. The summed E-state index contributed by atoms with van der Waals surface area (Å²) >= 11 is 3.44. The van der Waals surface area contributed by atoms with Crippen molar-refractivity contribution < 1.29 is 24.8 Å². The number of halogens is 2. The second-order valence-corrected chi connectivity index (χ2v) is 17.0. The Kier molecular flexibility index (Phi) is 16.8. The van der Waals surface area contributed by atoms with E-state index in [2.05, 4.69) is 104 Å². The Morgan fingerprint density at radius 1 is 0.552 bits per heavy atom. The molecule has 2 aromatic heterocycles. The number of aromatic nitrogens is 4. The van der Waals surface area contributed by atoms with E-state index in [1.165, 1.54) is 51.9 Å². The monoisotopic (exact) mass is 960 g/mol. The normalized spacial score (nSPS) is 14.0. The van der Waals surface area contributed by atoms with Gasteiger partial charge in [-0.15, -0.1) is 0 Å². The molecular weight excluding hydrogens is 906 g/mol. The Hall–Kier alpha value is -6.85. The van der Waals surface area contributed by atoms with Crippen LogP contribution in [-0.2, 0) is 9.47 Å². The molecule has 1 aliphatic heterocycles. The van der Waals surface area contributed by atoms with E-state index >= 15 is 0 Å². The number of alkyl halides is 1. The molecular formula is C56H55BrFN5O4. The van der Waals surface area contributed by atoms with Crippen molar-refractivity contribution in [1.29, 1.82) is 0 Å². The number of hydrogen-bond acceptors (Lipinski definition) is 9. The molecule has 0 bridgehead atoms. The molecule has 8 aromatic rings. The van der Waals surface area contributed by atoms with E-state index in [0.717, 1.165) is 71.2 Å². The minimum absolute atomic E-state index is 0.369. The largest absolute Gasteiger partial charge is 0.465 e. The summed E-state index contributed by atoms with van der Waals surface area (Å²) in [6, 6.07) is 52.2. The van der Waals surface area contributed by atoms with Gasteiger partial charge in [0.2, 0.25) is 0 Å². The Bertz CT molecular complexity index is 2870. The maximum atomic E-state index is 12.0. The van der Waals surface area contributed by atoms with Crippen molar-refractivity contribution in [3.05, 3.63) is 185 Å². The van der Waals surface area contributed by atoms with Gasteiger partial charge in [0.25, 0.3) is 0 Å². The average molecular weight is 962 g/mol. The molecule has 0 N–H and O–H groups in total. The van der Waals surface area contributed by atoms with E-state index in [1.54, 1.807) is 35.9 Å². The molecule has 3 heterocycles. The Labute approximate surface area is 402 Å². The molecule has 1 saturated heterocycles. The number of benzene rings is 6. The van der Waals surface area contributed by atoms with Crippen LogP contribution in [0.1, 0.15) is 90.0 Å². The van der Waals surface area contributed by atoms with Crippen LogP contribution in [0.25, 0.3) is 44.6 Å². The Balaban J connectivity index is 0.000000162. The first-order valence-corrected chi connectivity index (χ1v) is 23.4. The smallest absolute Gasteiger partial charge is 0.337 e. The molecule has 0 amide bonds. The molecule has 2 fully saturated rings. The number of methoxy groups -OCH3 is 2. The lowest BCUT2D eigenvalue weighted by atomic mass is 9.84. The van der Waals surface area contributed by atoms with Gasteiger partial charge in [-0.1, -0.05) is 141 Å². The molecule has 11 heteroatoms. The van der Waals surface area contributed by atoms with E-state index < -0.39 is 7.15 Å². The van der Waals surface area contributed by atoms with Gasteiger partial charge in [0, 0.05) is 24.2 Å². The van der Waals surface area contributed by atoms with E-state index in [0.29, 0.717) is 32.7 Å². The molecule has 2 aliphatic rings. The van der Waals surface area contributed by atoms with Crippen molar-refractivity contribution in [2.45, 2.75) is 56.8 Å². The van der Waals surface area contributed by atoms with Crippen LogP contribution in [0.2, 0.25) is 0 Å². The third-order valence-electron chi connectivity index (χ3n) is 12.1. The van der Waals surface area contributed by atoms with Crippen LogP contribution in [0.4, 0.5) is 10.2 Å².